The average Bonchev–Trinajstić information content (AvgIpc) is 3.58. The number of ether oxygens (including phenoxy) is 1. The van der Waals surface area contributed by atoms with Crippen molar-refractivity contribution >= 4 is 45.6 Å². The summed E-state index contributed by atoms with van der Waals surface area (Å²) in [4.78, 5) is 25.2. The smallest absolute Gasteiger partial charge is 0.331 e. The third-order valence-corrected chi connectivity index (χ3v) is 6.22. The second-order valence-corrected chi connectivity index (χ2v) is 8.72. The van der Waals surface area contributed by atoms with Gasteiger partial charge in [-0.25, -0.2) is 4.79 Å². The minimum Gasteiger partial charge on any atom is -0.452 e. The largest absolute Gasteiger partial charge is 0.452 e. The fraction of sp³-hybridized carbons (Fsp3) is 0.0833. The lowest BCUT2D eigenvalue weighted by Crippen LogP contribution is -2.20. The van der Waals surface area contributed by atoms with Crippen LogP contribution in [0.1, 0.15) is 16.7 Å². The molecule has 0 bridgehead atoms. The number of anilines is 1. The van der Waals surface area contributed by atoms with Crippen molar-refractivity contribution < 1.29 is 14.3 Å². The van der Waals surface area contributed by atoms with Gasteiger partial charge >= 0.3 is 5.97 Å². The van der Waals surface area contributed by atoms with E-state index in [0.717, 1.165) is 21.7 Å². The highest BCUT2D eigenvalue weighted by atomic mass is 32.1. The zero-order chi connectivity index (χ0) is 23.0. The summed E-state index contributed by atoms with van der Waals surface area (Å²) in [5.41, 5.74) is 3.02. The zero-order valence-electron chi connectivity index (χ0n) is 17.3. The zero-order valence-corrected chi connectivity index (χ0v) is 18.9. The molecule has 164 valence electrons. The second-order valence-electron chi connectivity index (χ2n) is 6.86. The van der Waals surface area contributed by atoms with Crippen LogP contribution in [0.3, 0.4) is 0 Å². The fourth-order valence-electron chi connectivity index (χ4n) is 3.01. The topological polar surface area (TPSA) is 97.0 Å². The molecule has 1 aromatic carbocycles. The van der Waals surface area contributed by atoms with E-state index >= 15 is 0 Å². The molecule has 0 radical (unpaired) electrons. The van der Waals surface area contributed by atoms with Crippen LogP contribution in [0.25, 0.3) is 16.6 Å². The van der Waals surface area contributed by atoms with Crippen LogP contribution in [0.5, 0.6) is 0 Å². The third kappa shape index (κ3) is 5.83. The number of carbonyl (C=O) groups is 2. The van der Waals surface area contributed by atoms with E-state index in [-0.39, 0.29) is 0 Å². The lowest BCUT2D eigenvalue weighted by Gasteiger charge is -2.03. The van der Waals surface area contributed by atoms with E-state index < -0.39 is 18.5 Å². The van der Waals surface area contributed by atoms with Gasteiger partial charge in [0.15, 0.2) is 6.61 Å². The number of nitrogens with zero attached hydrogens (tertiary/aromatic N) is 3. The summed E-state index contributed by atoms with van der Waals surface area (Å²) < 4.78 is 6.87. The number of hydrogen-bond donors (Lipinski definition) is 1. The van der Waals surface area contributed by atoms with Crippen molar-refractivity contribution in [2.75, 3.05) is 11.9 Å². The van der Waals surface area contributed by atoms with Crippen LogP contribution in [0.2, 0.25) is 0 Å². The van der Waals surface area contributed by atoms with Crippen molar-refractivity contribution in [1.82, 2.24) is 9.78 Å². The maximum absolute atomic E-state index is 12.2. The summed E-state index contributed by atoms with van der Waals surface area (Å²) in [6.45, 7) is 0.155. The number of benzene rings is 1. The normalized spacial score (nSPS) is 10.8. The van der Waals surface area contributed by atoms with Crippen LogP contribution in [0.4, 0.5) is 5.00 Å². The molecule has 0 aliphatic rings. The van der Waals surface area contributed by atoms with Crippen LogP contribution in [-0.2, 0) is 20.9 Å². The van der Waals surface area contributed by atoms with Crippen molar-refractivity contribution in [2.24, 2.45) is 0 Å². The van der Waals surface area contributed by atoms with Gasteiger partial charge in [0.25, 0.3) is 5.91 Å². The second kappa shape index (κ2) is 10.5. The third-order valence-electron chi connectivity index (χ3n) is 4.52. The van der Waals surface area contributed by atoms with Crippen LogP contribution >= 0.6 is 22.7 Å². The molecule has 1 N–H and O–H groups in total. The summed E-state index contributed by atoms with van der Waals surface area (Å²) in [6, 6.07) is 17.5. The number of nitriles is 1. The molecule has 0 unspecified atom stereocenters. The molecule has 0 saturated carbocycles. The van der Waals surface area contributed by atoms with Gasteiger partial charge in [-0.15, -0.1) is 22.7 Å². The number of hydrogen-bond acceptors (Lipinski definition) is 7. The van der Waals surface area contributed by atoms with Gasteiger partial charge in [-0.05, 0) is 34.5 Å². The fourth-order valence-corrected chi connectivity index (χ4v) is 4.50. The van der Waals surface area contributed by atoms with Crippen LogP contribution in [0.15, 0.2) is 71.6 Å². The molecule has 4 rings (SSSR count). The molecule has 7 nitrogen and oxygen atoms in total. The number of nitrogens with one attached hydrogen (secondary N) is 1. The van der Waals surface area contributed by atoms with Gasteiger partial charge in [0.1, 0.15) is 16.8 Å². The summed E-state index contributed by atoms with van der Waals surface area (Å²) in [5.74, 6) is -1.16. The van der Waals surface area contributed by atoms with Gasteiger partial charge < -0.3 is 10.1 Å². The molecule has 9 heteroatoms. The molecule has 0 fully saturated rings. The average molecular weight is 475 g/mol. The van der Waals surface area contributed by atoms with E-state index in [0.29, 0.717) is 17.1 Å². The van der Waals surface area contributed by atoms with Gasteiger partial charge in [0, 0.05) is 17.8 Å². The number of rotatable bonds is 8. The first kappa shape index (κ1) is 22.2. The molecule has 1 amide bonds. The first-order valence-corrected chi connectivity index (χ1v) is 11.7. The first-order valence-electron chi connectivity index (χ1n) is 9.90. The number of carbonyl (C=O) groups excluding carboxylic acids is 2. The van der Waals surface area contributed by atoms with Crippen molar-refractivity contribution in [3.05, 3.63) is 88.3 Å². The molecule has 33 heavy (non-hydrogen) atoms. The van der Waals surface area contributed by atoms with Crippen molar-refractivity contribution in [2.45, 2.75) is 6.54 Å². The van der Waals surface area contributed by atoms with Crippen molar-refractivity contribution in [3.63, 3.8) is 0 Å². The highest BCUT2D eigenvalue weighted by Crippen LogP contribution is 2.28. The Kier molecular flexibility index (Phi) is 7.09. The van der Waals surface area contributed by atoms with Crippen molar-refractivity contribution in [1.29, 1.82) is 5.26 Å². The van der Waals surface area contributed by atoms with E-state index in [9.17, 15) is 9.59 Å². The summed E-state index contributed by atoms with van der Waals surface area (Å²) in [6.07, 6.45) is 4.79. The Morgan fingerprint density at radius 3 is 2.73 bits per heavy atom. The van der Waals surface area contributed by atoms with Gasteiger partial charge in [-0.3, -0.25) is 9.48 Å². The minimum atomic E-state index is -0.648. The molecular weight excluding hydrogens is 456 g/mol. The Hall–Kier alpha value is -4.00. The summed E-state index contributed by atoms with van der Waals surface area (Å²) in [7, 11) is 0. The molecule has 4 aromatic rings. The SMILES string of the molecule is N#Cc1ccsc1NC(=O)COC(=O)C=Cc1cn(Cc2ccccc2)nc1-c1cccs1. The van der Waals surface area contributed by atoms with Crippen LogP contribution in [0, 0.1) is 11.3 Å². The first-order chi connectivity index (χ1) is 16.1. The molecule has 0 saturated heterocycles. The monoisotopic (exact) mass is 474 g/mol. The molecule has 0 aliphatic heterocycles. The lowest BCUT2D eigenvalue weighted by molar-refractivity contribution is -0.142. The predicted octanol–water partition coefficient (Wildman–Crippen LogP) is 4.79. The Morgan fingerprint density at radius 2 is 1.97 bits per heavy atom. The highest BCUT2D eigenvalue weighted by Gasteiger charge is 2.13. The van der Waals surface area contributed by atoms with Crippen LogP contribution in [-0.4, -0.2) is 28.3 Å². The molecule has 0 atom stereocenters. The molecule has 3 aromatic heterocycles. The van der Waals surface area contributed by atoms with E-state index in [1.165, 1.54) is 17.4 Å². The number of esters is 1. The molecule has 0 aliphatic carbocycles. The molecular formula is C24H18N4O3S2. The van der Waals surface area contributed by atoms with E-state index in [4.69, 9.17) is 15.1 Å². The van der Waals surface area contributed by atoms with E-state index in [2.05, 4.69) is 5.32 Å². The maximum atomic E-state index is 12.2. The Labute approximate surface area is 198 Å². The quantitative estimate of drug-likeness (QED) is 0.293. The minimum absolute atomic E-state index is 0.369. The Balaban J connectivity index is 1.41. The molecule has 3 heterocycles. The molecule has 0 spiro atoms. The number of aromatic nitrogens is 2. The lowest BCUT2D eigenvalue weighted by atomic mass is 10.2. The number of thiophene rings is 2. The van der Waals surface area contributed by atoms with E-state index in [1.54, 1.807) is 28.9 Å². The Bertz CT molecular complexity index is 1320. The van der Waals surface area contributed by atoms with Gasteiger partial charge in [0.2, 0.25) is 0 Å². The van der Waals surface area contributed by atoms with Crippen LogP contribution < -0.4 is 5.32 Å². The summed E-state index contributed by atoms with van der Waals surface area (Å²) >= 11 is 2.79. The van der Waals surface area contributed by atoms with Gasteiger partial charge in [0.05, 0.1) is 17.0 Å². The maximum Gasteiger partial charge on any atom is 0.331 e. The van der Waals surface area contributed by atoms with Gasteiger partial charge in [-0.1, -0.05) is 36.4 Å². The van der Waals surface area contributed by atoms with Gasteiger partial charge in [-0.2, -0.15) is 10.4 Å². The summed E-state index contributed by atoms with van der Waals surface area (Å²) in [5, 5.41) is 20.4. The Morgan fingerprint density at radius 1 is 1.12 bits per heavy atom. The number of amides is 1. The standard InChI is InChI=1S/C24H18N4O3S2/c25-13-18-10-12-33-24(18)26-21(29)16-31-22(30)9-8-19-15-28(14-17-5-2-1-3-6-17)27-23(19)20-7-4-11-32-20/h1-12,15H,14,16H2,(H,26,29). The highest BCUT2D eigenvalue weighted by molar-refractivity contribution is 7.14. The van der Waals surface area contributed by atoms with E-state index in [1.807, 2.05) is 64.8 Å². The van der Waals surface area contributed by atoms with Crippen molar-refractivity contribution in [3.8, 4) is 16.6 Å². The predicted molar refractivity (Wildman–Crippen MR) is 129 cm³/mol.